The van der Waals surface area contributed by atoms with E-state index < -0.39 is 76.9 Å². The van der Waals surface area contributed by atoms with E-state index in [4.69, 9.17) is 102 Å². The lowest BCUT2D eigenvalue weighted by atomic mass is 8.38. The van der Waals surface area contributed by atoms with Gasteiger partial charge in [0.05, 0.1) is 0 Å². The van der Waals surface area contributed by atoms with Crippen LogP contribution < -0.4 is 3.43 Å². The molecule has 0 aliphatic rings. The van der Waals surface area contributed by atoms with E-state index >= 15 is 0 Å². The zero-order valence-electron chi connectivity index (χ0n) is 16.8. The van der Waals surface area contributed by atoms with Gasteiger partial charge in [-0.3, -0.25) is 7.06 Å². The highest BCUT2D eigenvalue weighted by Crippen LogP contribution is 2.11. The first-order chi connectivity index (χ1) is 13.2. The van der Waals surface area contributed by atoms with Crippen molar-refractivity contribution in [2.45, 2.75) is 0 Å². The molecule has 0 unspecified atom stereocenters. The van der Waals surface area contributed by atoms with E-state index in [1.165, 1.54) is 7.06 Å². The molecule has 0 saturated carbocycles. The molecule has 0 atom stereocenters. The Labute approximate surface area is 210 Å². The average Bonchev–Trinajstić information content (AvgIpc) is 2.51. The Kier molecular flexibility index (Phi) is 14.7. The topological polar surface area (TPSA) is 12.0 Å². The molecule has 0 rings (SSSR count). The van der Waals surface area contributed by atoms with Gasteiger partial charge in [0.25, 0.3) is 0 Å². The van der Waals surface area contributed by atoms with Gasteiger partial charge in [-0.05, 0) is 0 Å². The molecular formula is HB26IN-3. The number of hydrogen-bond donors (Lipinski definition) is 1. The summed E-state index contributed by atoms with van der Waals surface area (Å²) in [5.41, 5.74) is 0. The van der Waals surface area contributed by atoms with Gasteiger partial charge in [0, 0.05) is 158 Å². The molecule has 0 fully saturated rings. The maximum absolute atomic E-state index is 8.40. The predicted octanol–water partition coefficient (Wildman–Crippen LogP) is -9.51. The zero-order valence-corrected chi connectivity index (χ0v) is 18.0. The van der Waals surface area contributed by atoms with Crippen molar-refractivity contribution in [3.63, 3.8) is 0 Å². The molecule has 0 aromatic heterocycles. The zero-order chi connectivity index (χ0) is 23.2. The Bertz CT molecular complexity index is 394. The summed E-state index contributed by atoms with van der Waals surface area (Å²) in [6.45, 7) is -0.876. The summed E-state index contributed by atoms with van der Waals surface area (Å²) in [6.07, 6.45) is -10.0. The third kappa shape index (κ3) is 8.38. The van der Waals surface area contributed by atoms with Gasteiger partial charge in [0.1, 0.15) is 8.04 Å². The third-order valence-electron chi connectivity index (χ3n) is 5.12. The van der Waals surface area contributed by atoms with E-state index in [0.717, 1.165) is 3.43 Å². The fourth-order valence-corrected chi connectivity index (χ4v) is 4.61. The average molecular weight is 425 g/mol. The van der Waals surface area contributed by atoms with Gasteiger partial charge >= 0.3 is 0 Å². The molecule has 28 heteroatoms. The summed E-state index contributed by atoms with van der Waals surface area (Å²) in [7, 11) is 78.8. The molecule has 0 heterocycles. The summed E-state index contributed by atoms with van der Waals surface area (Å²) in [5, 5.41) is 0. The molecule has 28 heavy (non-hydrogen) atoms. The Balaban J connectivity index is 6.81. The molecule has 94 valence electrons. The first-order valence-corrected chi connectivity index (χ1v) is 9.73. The van der Waals surface area contributed by atoms with Crippen LogP contribution in [0.4, 0.5) is 0 Å². The summed E-state index contributed by atoms with van der Waals surface area (Å²) in [6, 6.07) is 0. The predicted molar refractivity (Wildman–Crippen MR) is 167 cm³/mol. The highest BCUT2D eigenvalue weighted by molar-refractivity contribution is 14.1. The maximum Gasteiger partial charge on any atom is 0.129 e. The molecule has 0 saturated heterocycles. The van der Waals surface area contributed by atoms with Gasteiger partial charge in [0.2, 0.25) is 0 Å². The van der Waals surface area contributed by atoms with Crippen molar-refractivity contribution in [1.29, 1.82) is 0 Å². The van der Waals surface area contributed by atoms with Crippen molar-refractivity contribution < 1.29 is 1.41 Å². The van der Waals surface area contributed by atoms with Crippen molar-refractivity contribution in [2.24, 2.45) is 0 Å². The van der Waals surface area contributed by atoms with Crippen LogP contribution in [0.3, 0.4) is 0 Å². The highest BCUT2D eigenvalue weighted by Gasteiger charge is 2.49. The lowest BCUT2D eigenvalue weighted by molar-refractivity contribution is 1.79. The monoisotopic (exact) mass is 430 g/mol. The molecule has 0 spiro atoms. The number of nitrogens with one attached hydrogen (secondary N) is 1. The van der Waals surface area contributed by atoms with Gasteiger partial charge < -0.3 is 33.0 Å². The molecular weight excluding hydrogens is 422 g/mol. The Hall–Kier alpha value is 2.38. The van der Waals surface area contributed by atoms with Crippen molar-refractivity contribution in [1.82, 2.24) is 3.43 Å². The fourth-order valence-electron chi connectivity index (χ4n) is 3.86. The van der Waals surface area contributed by atoms with Crippen LogP contribution in [-0.2, 0) is 0 Å². The first-order valence-electron chi connectivity index (χ1n) is 9.21. The Morgan fingerprint density at radius 1 is 0.679 bits per heavy atom. The van der Waals surface area contributed by atoms with Crippen molar-refractivity contribution in [3.8, 4) is 0 Å². The molecule has 0 aliphatic heterocycles. The van der Waals surface area contributed by atoms with E-state index in [2.05, 4.69) is 0 Å². The molecule has 0 amide bonds. The number of rotatable bonds is 13. The van der Waals surface area contributed by atoms with Crippen LogP contribution in [0.2, 0.25) is 1.41 Å². The summed E-state index contributed by atoms with van der Waals surface area (Å²) >= 11 is 1.73. The molecule has 1 N–H and O–H groups in total. The van der Waals surface area contributed by atoms with Crippen LogP contribution in [0.1, 0.15) is 0 Å². The Morgan fingerprint density at radius 3 is 1.18 bits per heavy atom. The largest absolute Gasteiger partial charge is 0.729 e. The van der Waals surface area contributed by atoms with Gasteiger partial charge in [-0.25, -0.2) is 0 Å². The lowest BCUT2D eigenvalue weighted by Crippen LogP contribution is -2.86. The smallest absolute Gasteiger partial charge is 0.129 e. The van der Waals surface area contributed by atoms with E-state index in [1.54, 1.807) is 22.9 Å². The minimum Gasteiger partial charge on any atom is -0.729 e. The van der Waals surface area contributed by atoms with E-state index in [9.17, 15) is 0 Å². The van der Waals surface area contributed by atoms with Crippen molar-refractivity contribution in [3.05, 3.63) is 0 Å². The second kappa shape index (κ2) is 14.5. The molecule has 0 bridgehead atoms. The van der Waals surface area contributed by atoms with Gasteiger partial charge in [-0.2, -0.15) is 0 Å². The number of halogens is 1. The molecule has 30 radical (unpaired) electrons. The maximum atomic E-state index is 8.40. The van der Waals surface area contributed by atoms with Crippen LogP contribution in [0, 0.1) is 0 Å². The van der Waals surface area contributed by atoms with Gasteiger partial charge in [-0.1, -0.05) is 0 Å². The third-order valence-corrected chi connectivity index (χ3v) is 5.77. The molecule has 0 aromatic rings. The van der Waals surface area contributed by atoms with E-state index in [-0.39, 0.29) is 0 Å². The summed E-state index contributed by atoms with van der Waals surface area (Å²) in [4.78, 5) is 0. The quantitative estimate of drug-likeness (QED) is 0.176. The number of hydrogen-bond acceptors (Lipinski definition) is 1. The summed E-state index contributed by atoms with van der Waals surface area (Å²) < 4.78 is 9.46. The van der Waals surface area contributed by atoms with Crippen LogP contribution in [0.25, 0.3) is 0 Å². The van der Waals surface area contributed by atoms with E-state index in [0.29, 0.717) is 0 Å². The molecule has 0 aromatic carbocycles. The fraction of sp³-hybridized carbons (Fsp3) is 0. The molecule has 0 aliphatic carbocycles. The van der Waals surface area contributed by atoms with Gasteiger partial charge in [0.15, 0.2) is 0 Å². The van der Waals surface area contributed by atoms with Crippen molar-refractivity contribution in [2.75, 3.05) is 0 Å². The van der Waals surface area contributed by atoms with Crippen LogP contribution >= 0.6 is 22.9 Å². The normalized spacial score (nSPS) is 10.2. The minimum atomic E-state index is -1.03. The second-order valence-electron chi connectivity index (χ2n) is 7.13. The highest BCUT2D eigenvalue weighted by atomic mass is 127. The summed E-state index contributed by atoms with van der Waals surface area (Å²) in [5.74, 6) is 0. The standard InChI is InChI=1S/B26HIN/c1-14-21(15(2)3)24(20(12)13)26(28-27)25(22(16(4)5)17(6)7)23(18(8)9)19(10)11/h28H/q-3/i/hT. The second-order valence-corrected chi connectivity index (χ2v) is 7.69. The molecule has 1 nitrogen and oxygen atoms in total. The first kappa shape index (κ1) is 28.4. The van der Waals surface area contributed by atoms with Crippen molar-refractivity contribution >= 4 is 207 Å². The Morgan fingerprint density at radius 2 is 1.00 bits per heavy atom. The van der Waals surface area contributed by atoms with Crippen LogP contribution in [-0.4, -0.2) is 185 Å². The van der Waals surface area contributed by atoms with Crippen LogP contribution in [0.15, 0.2) is 0 Å². The SMILES string of the molecule is [3H]N(I)B(B(B([B])[B])B([B][B-])B([B-])[B-])B(B(B([B])[B])B([B])[B])B(B([B])[B])B([B])[B]. The van der Waals surface area contributed by atoms with Gasteiger partial charge in [-0.15, -0.1) is 6.39 Å². The van der Waals surface area contributed by atoms with Crippen LogP contribution in [0.5, 0.6) is 0 Å². The van der Waals surface area contributed by atoms with E-state index in [1.807, 2.05) is 0 Å². The lowest BCUT2D eigenvalue weighted by Gasteiger charge is -2.54. The minimum absolute atomic E-state index is 0.711.